The summed E-state index contributed by atoms with van der Waals surface area (Å²) < 4.78 is 13.3. The molecule has 1 fully saturated rings. The molecular weight excluding hydrogens is 254 g/mol. The Labute approximate surface area is 104 Å². The van der Waals surface area contributed by atoms with Gasteiger partial charge in [0.05, 0.1) is 11.2 Å². The van der Waals surface area contributed by atoms with Crippen LogP contribution in [0.25, 0.3) is 0 Å². The van der Waals surface area contributed by atoms with Gasteiger partial charge in [-0.05, 0) is 31.0 Å². The maximum atomic E-state index is 13.3. The molecule has 1 aromatic carbocycles. The summed E-state index contributed by atoms with van der Waals surface area (Å²) in [4.78, 5) is 11.5. The van der Waals surface area contributed by atoms with E-state index in [1.54, 1.807) is 0 Å². The highest BCUT2D eigenvalue weighted by atomic mass is 35.5. The number of carbonyl (C=O) groups excluding carboxylic acids is 1. The molecule has 0 atom stereocenters. The topological polar surface area (TPSA) is 55.1 Å². The van der Waals surface area contributed by atoms with Gasteiger partial charge in [-0.25, -0.2) is 4.39 Å². The van der Waals surface area contributed by atoms with Crippen LogP contribution in [-0.2, 0) is 4.79 Å². The number of nitrogens with two attached hydrogens (primary N) is 1. The van der Waals surface area contributed by atoms with Crippen LogP contribution in [0.3, 0.4) is 0 Å². The molecule has 1 aromatic rings. The van der Waals surface area contributed by atoms with E-state index in [1.165, 1.54) is 12.1 Å². The molecule has 0 unspecified atom stereocenters. The first kappa shape index (κ1) is 13.2. The summed E-state index contributed by atoms with van der Waals surface area (Å²) in [5.41, 5.74) is 4.97. The molecule has 0 radical (unpaired) electrons. The summed E-state index contributed by atoms with van der Waals surface area (Å²) in [6.07, 6.45) is 1.29. The molecule has 0 bridgehead atoms. The van der Waals surface area contributed by atoms with E-state index in [0.29, 0.717) is 17.9 Å². The lowest BCUT2D eigenvalue weighted by atomic mass is 10.2. The lowest BCUT2D eigenvalue weighted by Crippen LogP contribution is -2.38. The number of nitrogens with one attached hydrogen (secondary N) is 1. The second-order valence-electron chi connectivity index (χ2n) is 3.73. The van der Waals surface area contributed by atoms with Crippen LogP contribution >= 0.6 is 24.0 Å². The Hall–Kier alpha value is -0.840. The van der Waals surface area contributed by atoms with E-state index in [0.717, 1.165) is 6.07 Å². The van der Waals surface area contributed by atoms with Crippen LogP contribution in [0.1, 0.15) is 12.8 Å². The summed E-state index contributed by atoms with van der Waals surface area (Å²) in [5, 5.41) is 2.73. The number of hydrogen-bond donors (Lipinski definition) is 2. The van der Waals surface area contributed by atoms with Gasteiger partial charge in [0.15, 0.2) is 0 Å². The van der Waals surface area contributed by atoms with Crippen LogP contribution < -0.4 is 11.1 Å². The molecule has 1 amide bonds. The third kappa shape index (κ3) is 2.64. The van der Waals surface area contributed by atoms with Crippen molar-refractivity contribution in [3.8, 4) is 0 Å². The van der Waals surface area contributed by atoms with Gasteiger partial charge in [-0.3, -0.25) is 4.79 Å². The quantitative estimate of drug-likeness (QED) is 0.862. The van der Waals surface area contributed by atoms with Gasteiger partial charge in [0.2, 0.25) is 5.91 Å². The minimum Gasteiger partial charge on any atom is -0.322 e. The molecular formula is C10H11Cl2FN2O. The first-order chi connectivity index (χ1) is 7.01. The van der Waals surface area contributed by atoms with Gasteiger partial charge in [0.1, 0.15) is 5.82 Å². The lowest BCUT2D eigenvalue weighted by Gasteiger charge is -2.10. The van der Waals surface area contributed by atoms with Crippen molar-refractivity contribution in [3.63, 3.8) is 0 Å². The fourth-order valence-electron chi connectivity index (χ4n) is 1.20. The number of benzene rings is 1. The smallest absolute Gasteiger partial charge is 0.244 e. The van der Waals surface area contributed by atoms with Crippen LogP contribution in [0.2, 0.25) is 5.02 Å². The molecule has 6 heteroatoms. The van der Waals surface area contributed by atoms with Crippen LogP contribution in [0.15, 0.2) is 18.2 Å². The zero-order valence-electron chi connectivity index (χ0n) is 8.30. The Morgan fingerprint density at radius 1 is 1.50 bits per heavy atom. The summed E-state index contributed by atoms with van der Waals surface area (Å²) >= 11 is 5.58. The maximum absolute atomic E-state index is 13.3. The zero-order chi connectivity index (χ0) is 11.1. The van der Waals surface area contributed by atoms with E-state index < -0.39 is 11.4 Å². The van der Waals surface area contributed by atoms with Crippen molar-refractivity contribution in [2.24, 2.45) is 5.73 Å². The van der Waals surface area contributed by atoms with E-state index in [4.69, 9.17) is 17.3 Å². The number of carbonyl (C=O) groups is 1. The fraction of sp³-hybridized carbons (Fsp3) is 0.300. The van der Waals surface area contributed by atoms with Gasteiger partial charge in [-0.2, -0.15) is 0 Å². The Balaban J connectivity index is 0.00000128. The molecule has 0 saturated heterocycles. The highest BCUT2D eigenvalue weighted by Gasteiger charge is 2.46. The molecule has 0 heterocycles. The molecule has 2 rings (SSSR count). The molecule has 0 aliphatic heterocycles. The number of halogens is 3. The fourth-order valence-corrected chi connectivity index (χ4v) is 1.36. The van der Waals surface area contributed by atoms with Gasteiger partial charge < -0.3 is 11.1 Å². The molecule has 16 heavy (non-hydrogen) atoms. The molecule has 1 aliphatic carbocycles. The first-order valence-electron chi connectivity index (χ1n) is 4.57. The van der Waals surface area contributed by atoms with Crippen LogP contribution in [0, 0.1) is 5.82 Å². The van der Waals surface area contributed by atoms with Gasteiger partial charge in [0.25, 0.3) is 0 Å². The van der Waals surface area contributed by atoms with Crippen molar-refractivity contribution in [1.82, 2.24) is 0 Å². The molecule has 1 aliphatic rings. The van der Waals surface area contributed by atoms with Gasteiger partial charge >= 0.3 is 0 Å². The number of hydrogen-bond acceptors (Lipinski definition) is 2. The van der Waals surface area contributed by atoms with Crippen molar-refractivity contribution >= 4 is 35.6 Å². The Morgan fingerprint density at radius 3 is 2.62 bits per heavy atom. The average molecular weight is 265 g/mol. The van der Waals surface area contributed by atoms with E-state index in [9.17, 15) is 9.18 Å². The molecule has 3 N–H and O–H groups in total. The van der Waals surface area contributed by atoms with Crippen LogP contribution in [0.5, 0.6) is 0 Å². The van der Waals surface area contributed by atoms with E-state index >= 15 is 0 Å². The predicted molar refractivity (Wildman–Crippen MR) is 63.4 cm³/mol. The van der Waals surface area contributed by atoms with E-state index in [2.05, 4.69) is 5.32 Å². The summed E-state index contributed by atoms with van der Waals surface area (Å²) in [7, 11) is 0. The van der Waals surface area contributed by atoms with E-state index in [-0.39, 0.29) is 24.0 Å². The van der Waals surface area contributed by atoms with Crippen molar-refractivity contribution < 1.29 is 9.18 Å². The zero-order valence-corrected chi connectivity index (χ0v) is 9.87. The van der Waals surface area contributed by atoms with Crippen LogP contribution in [-0.4, -0.2) is 11.4 Å². The molecule has 1 saturated carbocycles. The molecule has 0 aromatic heterocycles. The monoisotopic (exact) mass is 264 g/mol. The first-order valence-corrected chi connectivity index (χ1v) is 4.94. The SMILES string of the molecule is Cl.NC1(C(=O)Nc2ccc(Cl)cc2F)CC1. The lowest BCUT2D eigenvalue weighted by molar-refractivity contribution is -0.118. The Morgan fingerprint density at radius 2 is 2.12 bits per heavy atom. The molecule has 88 valence electrons. The highest BCUT2D eigenvalue weighted by Crippen LogP contribution is 2.33. The Bertz CT molecular complexity index is 421. The number of anilines is 1. The van der Waals surface area contributed by atoms with Crippen molar-refractivity contribution in [1.29, 1.82) is 0 Å². The van der Waals surface area contributed by atoms with Gasteiger partial charge in [0, 0.05) is 5.02 Å². The predicted octanol–water partition coefficient (Wildman–Crippen LogP) is 2.33. The normalized spacial score (nSPS) is 16.2. The van der Waals surface area contributed by atoms with Crippen molar-refractivity contribution in [3.05, 3.63) is 29.0 Å². The Kier molecular flexibility index (Phi) is 3.78. The standard InChI is InChI=1S/C10H10ClFN2O.ClH/c11-6-1-2-8(7(12)5-6)14-9(15)10(13)3-4-10;/h1-2,5H,3-4,13H2,(H,14,15);1H. The third-order valence-corrected chi connectivity index (χ3v) is 2.66. The van der Waals surface area contributed by atoms with Gasteiger partial charge in [-0.15, -0.1) is 12.4 Å². The van der Waals surface area contributed by atoms with Gasteiger partial charge in [-0.1, -0.05) is 11.6 Å². The largest absolute Gasteiger partial charge is 0.322 e. The molecule has 3 nitrogen and oxygen atoms in total. The molecule has 0 spiro atoms. The third-order valence-electron chi connectivity index (χ3n) is 2.42. The second kappa shape index (κ2) is 4.57. The second-order valence-corrected chi connectivity index (χ2v) is 4.17. The summed E-state index contributed by atoms with van der Waals surface area (Å²) in [5.74, 6) is -0.899. The minimum atomic E-state index is -0.800. The highest BCUT2D eigenvalue weighted by molar-refractivity contribution is 6.30. The van der Waals surface area contributed by atoms with E-state index in [1.807, 2.05) is 0 Å². The minimum absolute atomic E-state index is 0. The maximum Gasteiger partial charge on any atom is 0.244 e. The summed E-state index contributed by atoms with van der Waals surface area (Å²) in [6.45, 7) is 0. The van der Waals surface area contributed by atoms with Crippen molar-refractivity contribution in [2.75, 3.05) is 5.32 Å². The number of rotatable bonds is 2. The van der Waals surface area contributed by atoms with Crippen LogP contribution in [0.4, 0.5) is 10.1 Å². The average Bonchev–Trinajstić information content (AvgIpc) is 2.90. The van der Waals surface area contributed by atoms with Crippen molar-refractivity contribution in [2.45, 2.75) is 18.4 Å². The summed E-state index contributed by atoms with van der Waals surface area (Å²) in [6, 6.07) is 4.07. The number of amides is 1.